The molecule has 1 aliphatic rings. The fourth-order valence-electron chi connectivity index (χ4n) is 3.19. The Morgan fingerprint density at radius 1 is 0.955 bits per heavy atom. The van der Waals surface area contributed by atoms with E-state index >= 15 is 0 Å². The summed E-state index contributed by atoms with van der Waals surface area (Å²) in [5, 5.41) is 10.5. The first-order valence-electron chi connectivity index (χ1n) is 8.65. The van der Waals surface area contributed by atoms with Crippen LogP contribution < -0.4 is 0 Å². The summed E-state index contributed by atoms with van der Waals surface area (Å²) in [6.07, 6.45) is 0.909. The first-order valence-corrected chi connectivity index (χ1v) is 8.65. The van der Waals surface area contributed by atoms with Crippen LogP contribution in [0.2, 0.25) is 0 Å². The monoisotopic (exact) mass is 304 g/mol. The van der Waals surface area contributed by atoms with Crippen molar-refractivity contribution in [2.75, 3.05) is 39.3 Å². The van der Waals surface area contributed by atoms with Gasteiger partial charge in [0.2, 0.25) is 0 Å². The smallest absolute Gasteiger partial charge is 0.0917 e. The molecule has 1 heterocycles. The predicted octanol–water partition coefficient (Wildman–Crippen LogP) is 3.00. The molecule has 1 aliphatic heterocycles. The third-order valence-corrected chi connectivity index (χ3v) is 4.55. The molecule has 1 aromatic rings. The zero-order valence-corrected chi connectivity index (χ0v) is 14.7. The topological polar surface area (TPSA) is 26.7 Å². The van der Waals surface area contributed by atoms with Gasteiger partial charge in [-0.15, -0.1) is 0 Å². The molecular formula is C19H32N2O. The number of aryl methyl sites for hydroxylation is 2. The number of hydrogen-bond acceptors (Lipinski definition) is 3. The number of nitrogens with zero attached hydrogens (tertiary/aromatic N) is 2. The average molecular weight is 304 g/mol. The number of piperazine rings is 1. The molecule has 3 nitrogen and oxygen atoms in total. The third-order valence-electron chi connectivity index (χ3n) is 4.55. The molecule has 1 aromatic carbocycles. The molecular weight excluding hydrogens is 272 g/mol. The van der Waals surface area contributed by atoms with Crippen LogP contribution in [0, 0.1) is 19.8 Å². The van der Waals surface area contributed by atoms with Crippen LogP contribution in [0.25, 0.3) is 0 Å². The molecule has 0 aliphatic carbocycles. The molecule has 22 heavy (non-hydrogen) atoms. The Morgan fingerprint density at radius 2 is 1.50 bits per heavy atom. The molecule has 0 aromatic heterocycles. The minimum Gasteiger partial charge on any atom is -0.387 e. The van der Waals surface area contributed by atoms with Crippen molar-refractivity contribution < 1.29 is 5.11 Å². The van der Waals surface area contributed by atoms with Gasteiger partial charge in [0.25, 0.3) is 0 Å². The van der Waals surface area contributed by atoms with Crippen molar-refractivity contribution in [1.82, 2.24) is 9.80 Å². The van der Waals surface area contributed by atoms with Gasteiger partial charge in [0, 0.05) is 32.7 Å². The summed E-state index contributed by atoms with van der Waals surface area (Å²) in [6.45, 7) is 15.1. The van der Waals surface area contributed by atoms with Crippen molar-refractivity contribution in [2.45, 2.75) is 40.2 Å². The zero-order valence-electron chi connectivity index (χ0n) is 14.7. The number of β-amino-alcohol motifs (C(OH)–C–C–N with tert-alkyl or cyclic N) is 1. The minimum absolute atomic E-state index is 0.374. The lowest BCUT2D eigenvalue weighted by Crippen LogP contribution is -2.47. The van der Waals surface area contributed by atoms with Gasteiger partial charge in [-0.05, 0) is 38.3 Å². The molecule has 1 saturated heterocycles. The standard InChI is InChI=1S/C19H32N2O/c1-15(2)5-6-20-7-9-21(10-8-20)14-19(22)18-12-16(3)11-17(4)13-18/h11-13,15,19,22H,5-10,14H2,1-4H3. The van der Waals surface area contributed by atoms with Gasteiger partial charge >= 0.3 is 0 Å². The number of aliphatic hydroxyl groups excluding tert-OH is 1. The van der Waals surface area contributed by atoms with E-state index < -0.39 is 0 Å². The minimum atomic E-state index is -0.374. The van der Waals surface area contributed by atoms with Crippen LogP contribution in [-0.4, -0.2) is 54.2 Å². The van der Waals surface area contributed by atoms with E-state index in [4.69, 9.17) is 0 Å². The molecule has 0 saturated carbocycles. The summed E-state index contributed by atoms with van der Waals surface area (Å²) in [4.78, 5) is 4.95. The van der Waals surface area contributed by atoms with E-state index in [0.29, 0.717) is 0 Å². The summed E-state index contributed by atoms with van der Waals surface area (Å²) in [5.41, 5.74) is 3.51. The Bertz CT molecular complexity index is 444. The van der Waals surface area contributed by atoms with Crippen molar-refractivity contribution in [3.63, 3.8) is 0 Å². The lowest BCUT2D eigenvalue weighted by Gasteiger charge is -2.36. The molecule has 0 amide bonds. The lowest BCUT2D eigenvalue weighted by atomic mass is 10.0. The normalized spacial score (nSPS) is 18.8. The number of hydrogen-bond donors (Lipinski definition) is 1. The van der Waals surface area contributed by atoms with E-state index in [9.17, 15) is 5.11 Å². The summed E-state index contributed by atoms with van der Waals surface area (Å²) in [7, 11) is 0. The summed E-state index contributed by atoms with van der Waals surface area (Å²) >= 11 is 0. The molecule has 124 valence electrons. The molecule has 0 bridgehead atoms. The van der Waals surface area contributed by atoms with Crippen LogP contribution in [0.1, 0.15) is 43.1 Å². The van der Waals surface area contributed by atoms with Crippen LogP contribution in [0.3, 0.4) is 0 Å². The van der Waals surface area contributed by atoms with E-state index in [-0.39, 0.29) is 6.10 Å². The Labute approximate surface area is 135 Å². The van der Waals surface area contributed by atoms with Gasteiger partial charge in [0.05, 0.1) is 6.10 Å². The first-order chi connectivity index (χ1) is 10.4. The SMILES string of the molecule is Cc1cc(C)cc(C(O)CN2CCN(CCC(C)C)CC2)c1. The number of benzene rings is 1. The summed E-state index contributed by atoms with van der Waals surface area (Å²) in [5.74, 6) is 0.782. The van der Waals surface area contributed by atoms with Gasteiger partial charge in [-0.2, -0.15) is 0 Å². The number of rotatable bonds is 6. The van der Waals surface area contributed by atoms with Crippen LogP contribution in [0.15, 0.2) is 18.2 Å². The fourth-order valence-corrected chi connectivity index (χ4v) is 3.19. The molecule has 1 unspecified atom stereocenters. The van der Waals surface area contributed by atoms with Gasteiger partial charge in [0.15, 0.2) is 0 Å². The number of aliphatic hydroxyl groups is 1. The zero-order chi connectivity index (χ0) is 16.1. The first kappa shape index (κ1) is 17.5. The van der Waals surface area contributed by atoms with E-state index in [2.05, 4.69) is 55.7 Å². The lowest BCUT2D eigenvalue weighted by molar-refractivity contribution is 0.0710. The Hall–Kier alpha value is -0.900. The highest BCUT2D eigenvalue weighted by Crippen LogP contribution is 2.19. The van der Waals surface area contributed by atoms with Crippen LogP contribution in [0.5, 0.6) is 0 Å². The van der Waals surface area contributed by atoms with Gasteiger partial charge in [-0.25, -0.2) is 0 Å². The summed E-state index contributed by atoms with van der Waals surface area (Å²) < 4.78 is 0. The maximum absolute atomic E-state index is 10.5. The van der Waals surface area contributed by atoms with E-state index in [1.54, 1.807) is 0 Å². The van der Waals surface area contributed by atoms with E-state index in [0.717, 1.165) is 44.2 Å². The van der Waals surface area contributed by atoms with Crippen molar-refractivity contribution in [3.05, 3.63) is 34.9 Å². The van der Waals surface area contributed by atoms with Crippen molar-refractivity contribution in [1.29, 1.82) is 0 Å². The third kappa shape index (κ3) is 5.38. The molecule has 2 rings (SSSR count). The van der Waals surface area contributed by atoms with E-state index in [1.807, 2.05) is 0 Å². The van der Waals surface area contributed by atoms with Gasteiger partial charge in [-0.1, -0.05) is 43.2 Å². The molecule has 1 atom stereocenters. The Balaban J connectivity index is 1.80. The summed E-state index contributed by atoms with van der Waals surface area (Å²) in [6, 6.07) is 6.37. The highest BCUT2D eigenvalue weighted by molar-refractivity contribution is 5.30. The second-order valence-electron chi connectivity index (χ2n) is 7.26. The van der Waals surface area contributed by atoms with Crippen LogP contribution in [-0.2, 0) is 0 Å². The Morgan fingerprint density at radius 3 is 2.05 bits per heavy atom. The van der Waals surface area contributed by atoms with E-state index in [1.165, 1.54) is 24.1 Å². The highest BCUT2D eigenvalue weighted by atomic mass is 16.3. The molecule has 1 N–H and O–H groups in total. The fraction of sp³-hybridized carbons (Fsp3) is 0.684. The van der Waals surface area contributed by atoms with Gasteiger partial charge in [-0.3, -0.25) is 4.90 Å². The molecule has 0 radical (unpaired) electrons. The second-order valence-corrected chi connectivity index (χ2v) is 7.26. The van der Waals surface area contributed by atoms with Gasteiger partial charge in [0.1, 0.15) is 0 Å². The van der Waals surface area contributed by atoms with Gasteiger partial charge < -0.3 is 10.0 Å². The molecule has 3 heteroatoms. The van der Waals surface area contributed by atoms with Crippen LogP contribution >= 0.6 is 0 Å². The van der Waals surface area contributed by atoms with Crippen molar-refractivity contribution in [2.24, 2.45) is 5.92 Å². The quantitative estimate of drug-likeness (QED) is 0.875. The molecule has 1 fully saturated rings. The largest absolute Gasteiger partial charge is 0.387 e. The molecule has 0 spiro atoms. The van der Waals surface area contributed by atoms with Crippen LogP contribution in [0.4, 0.5) is 0 Å². The Kier molecular flexibility index (Phi) is 6.42. The maximum atomic E-state index is 10.5. The van der Waals surface area contributed by atoms with Crippen molar-refractivity contribution >= 4 is 0 Å². The van der Waals surface area contributed by atoms with Crippen molar-refractivity contribution in [3.8, 4) is 0 Å². The maximum Gasteiger partial charge on any atom is 0.0917 e. The average Bonchev–Trinajstić information content (AvgIpc) is 2.45. The predicted molar refractivity (Wildman–Crippen MR) is 93.2 cm³/mol. The highest BCUT2D eigenvalue weighted by Gasteiger charge is 2.20. The second kappa shape index (κ2) is 8.09.